The van der Waals surface area contributed by atoms with E-state index in [-0.39, 0.29) is 11.7 Å². The Labute approximate surface area is 181 Å². The van der Waals surface area contributed by atoms with Crippen LogP contribution in [0.15, 0.2) is 54.7 Å². The van der Waals surface area contributed by atoms with E-state index in [9.17, 15) is 9.18 Å². The molecule has 162 valence electrons. The molecule has 7 heteroatoms. The zero-order valence-corrected chi connectivity index (χ0v) is 17.9. The molecule has 3 aromatic rings. The number of anilines is 1. The molecule has 0 bridgehead atoms. The molecule has 6 nitrogen and oxygen atoms in total. The summed E-state index contributed by atoms with van der Waals surface area (Å²) < 4.78 is 20.5. The number of ether oxygens (including phenoxy) is 1. The van der Waals surface area contributed by atoms with Gasteiger partial charge in [-0.3, -0.25) is 9.48 Å². The van der Waals surface area contributed by atoms with Crippen molar-refractivity contribution in [2.45, 2.75) is 12.8 Å². The molecule has 0 spiro atoms. The fraction of sp³-hybridized carbons (Fsp3) is 0.333. The van der Waals surface area contributed by atoms with Crippen LogP contribution >= 0.6 is 0 Å². The maximum atomic E-state index is 13.3. The fourth-order valence-corrected chi connectivity index (χ4v) is 4.06. The highest BCUT2D eigenvalue weighted by Gasteiger charge is 2.23. The Balaban J connectivity index is 1.36. The molecule has 1 aliphatic heterocycles. The molecule has 1 aliphatic rings. The number of halogens is 1. The van der Waals surface area contributed by atoms with E-state index in [1.165, 1.54) is 12.1 Å². The number of amides is 1. The first kappa shape index (κ1) is 20.9. The highest BCUT2D eigenvalue weighted by Crippen LogP contribution is 2.28. The molecule has 2 heterocycles. The number of nitrogens with zero attached hydrogens (tertiary/aromatic N) is 4. The highest BCUT2D eigenvalue weighted by molar-refractivity contribution is 5.77. The van der Waals surface area contributed by atoms with Crippen LogP contribution < -0.4 is 9.64 Å². The molecule has 1 saturated heterocycles. The second-order valence-corrected chi connectivity index (χ2v) is 7.72. The number of aromatic nitrogens is 2. The lowest BCUT2D eigenvalue weighted by molar-refractivity contribution is -0.131. The molecule has 31 heavy (non-hydrogen) atoms. The SMILES string of the molecule is COc1ccccc1N1CCN(C(=O)CCc2cn(C)nc2-c2ccc(F)cc2)CC1. The third-order valence-electron chi connectivity index (χ3n) is 5.69. The standard InChI is InChI=1S/C24H27FN4O2/c1-27-17-19(24(26-27)18-7-10-20(25)11-8-18)9-12-23(30)29-15-13-28(14-16-29)21-5-3-4-6-22(21)31-2/h3-8,10-11,17H,9,12-16H2,1-2H3. The summed E-state index contributed by atoms with van der Waals surface area (Å²) in [6, 6.07) is 14.3. The predicted molar refractivity (Wildman–Crippen MR) is 119 cm³/mol. The largest absolute Gasteiger partial charge is 0.495 e. The number of hydrogen-bond donors (Lipinski definition) is 0. The average Bonchev–Trinajstić information content (AvgIpc) is 3.18. The second kappa shape index (κ2) is 9.20. The third kappa shape index (κ3) is 4.71. The molecule has 0 saturated carbocycles. The van der Waals surface area contributed by atoms with Gasteiger partial charge in [0, 0.05) is 51.4 Å². The Kier molecular flexibility index (Phi) is 6.21. The van der Waals surface area contributed by atoms with Crippen molar-refractivity contribution in [3.8, 4) is 17.0 Å². The number of benzene rings is 2. The van der Waals surface area contributed by atoms with Gasteiger partial charge in [-0.2, -0.15) is 5.10 Å². The average molecular weight is 423 g/mol. The van der Waals surface area contributed by atoms with Crippen molar-refractivity contribution >= 4 is 11.6 Å². The quantitative estimate of drug-likeness (QED) is 0.610. The van der Waals surface area contributed by atoms with E-state index in [4.69, 9.17) is 4.74 Å². The summed E-state index contributed by atoms with van der Waals surface area (Å²) in [4.78, 5) is 17.0. The van der Waals surface area contributed by atoms with Gasteiger partial charge >= 0.3 is 0 Å². The molecule has 0 aliphatic carbocycles. The van der Waals surface area contributed by atoms with Crippen LogP contribution in [-0.4, -0.2) is 53.9 Å². The second-order valence-electron chi connectivity index (χ2n) is 7.72. The van der Waals surface area contributed by atoms with E-state index in [0.29, 0.717) is 25.9 Å². The van der Waals surface area contributed by atoms with Crippen molar-refractivity contribution in [3.63, 3.8) is 0 Å². The van der Waals surface area contributed by atoms with Gasteiger partial charge in [-0.05, 0) is 48.4 Å². The molecule has 0 N–H and O–H groups in total. The van der Waals surface area contributed by atoms with Crippen LogP contribution in [0.2, 0.25) is 0 Å². The monoisotopic (exact) mass is 422 g/mol. The maximum absolute atomic E-state index is 13.3. The fourth-order valence-electron chi connectivity index (χ4n) is 4.06. The molecular formula is C24H27FN4O2. The van der Waals surface area contributed by atoms with Crippen LogP contribution in [0.1, 0.15) is 12.0 Å². The number of methoxy groups -OCH3 is 1. The number of carbonyl (C=O) groups excluding carboxylic acids is 1. The predicted octanol–water partition coefficient (Wildman–Crippen LogP) is 3.52. The van der Waals surface area contributed by atoms with Gasteiger partial charge < -0.3 is 14.5 Å². The van der Waals surface area contributed by atoms with Gasteiger partial charge in [0.15, 0.2) is 0 Å². The van der Waals surface area contributed by atoms with E-state index in [1.807, 2.05) is 36.3 Å². The number of carbonyl (C=O) groups is 1. The van der Waals surface area contributed by atoms with E-state index >= 15 is 0 Å². The Morgan fingerprint density at radius 2 is 1.77 bits per heavy atom. The van der Waals surface area contributed by atoms with Crippen LogP contribution in [0.3, 0.4) is 0 Å². The number of rotatable bonds is 6. The summed E-state index contributed by atoms with van der Waals surface area (Å²) in [5, 5.41) is 4.51. The van der Waals surface area contributed by atoms with Gasteiger partial charge in [0.05, 0.1) is 18.5 Å². The van der Waals surface area contributed by atoms with Crippen molar-refractivity contribution in [1.29, 1.82) is 0 Å². The molecule has 1 amide bonds. The molecule has 4 rings (SSSR count). The highest BCUT2D eigenvalue weighted by atomic mass is 19.1. The minimum Gasteiger partial charge on any atom is -0.495 e. The van der Waals surface area contributed by atoms with Gasteiger partial charge in [-0.25, -0.2) is 4.39 Å². The van der Waals surface area contributed by atoms with Gasteiger partial charge in [0.2, 0.25) is 5.91 Å². The summed E-state index contributed by atoms with van der Waals surface area (Å²) in [5.74, 6) is 0.726. The zero-order chi connectivity index (χ0) is 21.8. The summed E-state index contributed by atoms with van der Waals surface area (Å²) in [7, 11) is 3.53. The first-order valence-electron chi connectivity index (χ1n) is 10.5. The summed E-state index contributed by atoms with van der Waals surface area (Å²) >= 11 is 0. The molecule has 1 fully saturated rings. The first-order chi connectivity index (χ1) is 15.0. The number of hydrogen-bond acceptors (Lipinski definition) is 4. The lowest BCUT2D eigenvalue weighted by Crippen LogP contribution is -2.48. The molecule has 0 atom stereocenters. The topological polar surface area (TPSA) is 50.6 Å². The molecule has 2 aromatic carbocycles. The van der Waals surface area contributed by atoms with E-state index < -0.39 is 0 Å². The van der Waals surface area contributed by atoms with Gasteiger partial charge in [0.25, 0.3) is 0 Å². The van der Waals surface area contributed by atoms with E-state index in [1.54, 1.807) is 23.9 Å². The third-order valence-corrected chi connectivity index (χ3v) is 5.69. The van der Waals surface area contributed by atoms with Crippen LogP contribution in [-0.2, 0) is 18.3 Å². The van der Waals surface area contributed by atoms with Crippen LogP contribution in [0.25, 0.3) is 11.3 Å². The van der Waals surface area contributed by atoms with Crippen molar-refractivity contribution in [2.75, 3.05) is 38.2 Å². The molecule has 0 unspecified atom stereocenters. The number of piperazine rings is 1. The minimum absolute atomic E-state index is 0.147. The Hall–Kier alpha value is -3.35. The van der Waals surface area contributed by atoms with Gasteiger partial charge in [-0.1, -0.05) is 12.1 Å². The number of aryl methyl sites for hydroxylation is 2. The van der Waals surface area contributed by atoms with Crippen molar-refractivity contribution < 1.29 is 13.9 Å². The lowest BCUT2D eigenvalue weighted by atomic mass is 10.0. The normalized spacial score (nSPS) is 14.0. The summed E-state index contributed by atoms with van der Waals surface area (Å²) in [6.07, 6.45) is 2.96. The van der Waals surface area contributed by atoms with Crippen molar-refractivity contribution in [3.05, 3.63) is 66.1 Å². The molecule has 1 aromatic heterocycles. The maximum Gasteiger partial charge on any atom is 0.223 e. The minimum atomic E-state index is -0.274. The van der Waals surface area contributed by atoms with E-state index in [2.05, 4.69) is 16.1 Å². The zero-order valence-electron chi connectivity index (χ0n) is 17.9. The Morgan fingerprint density at radius 3 is 2.48 bits per heavy atom. The van der Waals surface area contributed by atoms with Crippen LogP contribution in [0.4, 0.5) is 10.1 Å². The first-order valence-corrected chi connectivity index (χ1v) is 10.5. The number of para-hydroxylation sites is 2. The Morgan fingerprint density at radius 1 is 1.06 bits per heavy atom. The Bertz CT molecular complexity index is 1040. The summed E-state index contributed by atoms with van der Waals surface area (Å²) in [6.45, 7) is 2.93. The smallest absolute Gasteiger partial charge is 0.223 e. The van der Waals surface area contributed by atoms with Crippen LogP contribution in [0.5, 0.6) is 5.75 Å². The van der Waals surface area contributed by atoms with Crippen molar-refractivity contribution in [1.82, 2.24) is 14.7 Å². The molecule has 0 radical (unpaired) electrons. The van der Waals surface area contributed by atoms with Gasteiger partial charge in [0.1, 0.15) is 11.6 Å². The molecular weight excluding hydrogens is 395 g/mol. The van der Waals surface area contributed by atoms with E-state index in [0.717, 1.165) is 41.3 Å². The summed E-state index contributed by atoms with van der Waals surface area (Å²) in [5.41, 5.74) is 3.72. The van der Waals surface area contributed by atoms with Crippen molar-refractivity contribution in [2.24, 2.45) is 7.05 Å². The lowest BCUT2D eigenvalue weighted by Gasteiger charge is -2.36. The van der Waals surface area contributed by atoms with Gasteiger partial charge in [-0.15, -0.1) is 0 Å². The van der Waals surface area contributed by atoms with Crippen LogP contribution in [0, 0.1) is 5.82 Å².